The Kier molecular flexibility index (Phi) is 6.62. The van der Waals surface area contributed by atoms with E-state index in [2.05, 4.69) is 15.9 Å². The molecule has 1 aromatic carbocycles. The van der Waals surface area contributed by atoms with Crippen LogP contribution >= 0.6 is 15.9 Å². The number of carboxylic acid groups (broad SMARTS) is 1. The molecule has 1 N–H and O–H groups in total. The zero-order valence-corrected chi connectivity index (χ0v) is 10.2. The SMILES string of the molecule is CC(C)=O.O=C(O)c1ccc(CBr)cc1. The van der Waals surface area contributed by atoms with Crippen molar-refractivity contribution in [3.8, 4) is 0 Å². The van der Waals surface area contributed by atoms with E-state index in [1.54, 1.807) is 24.3 Å². The quantitative estimate of drug-likeness (QED) is 0.843. The van der Waals surface area contributed by atoms with Gasteiger partial charge in [0.1, 0.15) is 5.78 Å². The zero-order chi connectivity index (χ0) is 11.8. The largest absolute Gasteiger partial charge is 0.478 e. The Morgan fingerprint density at radius 2 is 1.60 bits per heavy atom. The molecule has 0 radical (unpaired) electrons. The highest BCUT2D eigenvalue weighted by Crippen LogP contribution is 2.07. The van der Waals surface area contributed by atoms with Crippen molar-refractivity contribution < 1.29 is 14.7 Å². The van der Waals surface area contributed by atoms with Crippen LogP contribution in [0.4, 0.5) is 0 Å². The minimum atomic E-state index is -0.883. The maximum atomic E-state index is 10.4. The Hall–Kier alpha value is -1.16. The average molecular weight is 273 g/mol. The number of hydrogen-bond acceptors (Lipinski definition) is 2. The molecule has 1 rings (SSSR count). The first kappa shape index (κ1) is 13.8. The van der Waals surface area contributed by atoms with E-state index in [1.165, 1.54) is 13.8 Å². The van der Waals surface area contributed by atoms with Crippen LogP contribution < -0.4 is 0 Å². The molecule has 0 fully saturated rings. The number of hydrogen-bond donors (Lipinski definition) is 1. The van der Waals surface area contributed by atoms with Crippen molar-refractivity contribution in [1.29, 1.82) is 0 Å². The van der Waals surface area contributed by atoms with Gasteiger partial charge in [0.15, 0.2) is 0 Å². The van der Waals surface area contributed by atoms with Gasteiger partial charge in [0, 0.05) is 5.33 Å². The second-order valence-corrected chi connectivity index (χ2v) is 3.60. The predicted octanol–water partition coefficient (Wildman–Crippen LogP) is 2.88. The molecule has 0 aliphatic heterocycles. The molecule has 0 saturated carbocycles. The van der Waals surface area contributed by atoms with Crippen LogP contribution in [0, 0.1) is 0 Å². The summed E-state index contributed by atoms with van der Waals surface area (Å²) in [5.74, 6) is -0.717. The van der Waals surface area contributed by atoms with E-state index in [4.69, 9.17) is 5.11 Å². The van der Waals surface area contributed by atoms with Crippen LogP contribution in [0.1, 0.15) is 29.8 Å². The summed E-state index contributed by atoms with van der Waals surface area (Å²) >= 11 is 3.27. The number of carboxylic acids is 1. The minimum Gasteiger partial charge on any atom is -0.478 e. The molecule has 0 atom stereocenters. The molecule has 0 aliphatic rings. The lowest BCUT2D eigenvalue weighted by molar-refractivity contribution is -0.114. The highest BCUT2D eigenvalue weighted by Gasteiger charge is 1.99. The van der Waals surface area contributed by atoms with Crippen molar-refractivity contribution in [1.82, 2.24) is 0 Å². The predicted molar refractivity (Wildman–Crippen MR) is 62.4 cm³/mol. The molecule has 15 heavy (non-hydrogen) atoms. The van der Waals surface area contributed by atoms with E-state index >= 15 is 0 Å². The molecule has 0 bridgehead atoms. The standard InChI is InChI=1S/C8H7BrO2.C3H6O/c9-5-6-1-3-7(4-2-6)8(10)11;1-3(2)4/h1-4H,5H2,(H,10,11);1-2H3. The fourth-order valence-corrected chi connectivity index (χ4v) is 1.11. The molecule has 0 spiro atoms. The van der Waals surface area contributed by atoms with Gasteiger partial charge in [0.2, 0.25) is 0 Å². The van der Waals surface area contributed by atoms with Crippen molar-refractivity contribution >= 4 is 27.7 Å². The average Bonchev–Trinajstić information content (AvgIpc) is 2.17. The van der Waals surface area contributed by atoms with Crippen LogP contribution in [-0.2, 0) is 10.1 Å². The number of alkyl halides is 1. The van der Waals surface area contributed by atoms with Gasteiger partial charge >= 0.3 is 5.97 Å². The number of ketones is 1. The molecule has 0 aromatic heterocycles. The molecule has 4 heteroatoms. The molecular formula is C11H13BrO3. The summed E-state index contributed by atoms with van der Waals surface area (Å²) in [6.45, 7) is 3.06. The van der Waals surface area contributed by atoms with Crippen LogP contribution in [0.2, 0.25) is 0 Å². The number of aromatic carboxylic acids is 1. The third kappa shape index (κ3) is 6.85. The lowest BCUT2D eigenvalue weighted by Gasteiger charge is -1.95. The van der Waals surface area contributed by atoms with Gasteiger partial charge in [-0.15, -0.1) is 0 Å². The zero-order valence-electron chi connectivity index (χ0n) is 8.66. The minimum absolute atomic E-state index is 0.167. The van der Waals surface area contributed by atoms with Crippen molar-refractivity contribution in [3.05, 3.63) is 35.4 Å². The summed E-state index contributed by atoms with van der Waals surface area (Å²) in [5, 5.41) is 9.29. The number of rotatable bonds is 2. The number of benzene rings is 1. The summed E-state index contributed by atoms with van der Waals surface area (Å²) in [6.07, 6.45) is 0. The van der Waals surface area contributed by atoms with Crippen LogP contribution in [0.5, 0.6) is 0 Å². The number of carbonyl (C=O) groups is 2. The first-order chi connectivity index (χ1) is 6.97. The first-order valence-electron chi connectivity index (χ1n) is 4.32. The molecule has 0 saturated heterocycles. The van der Waals surface area contributed by atoms with Crippen molar-refractivity contribution in [2.24, 2.45) is 0 Å². The van der Waals surface area contributed by atoms with E-state index in [1.807, 2.05) is 0 Å². The summed E-state index contributed by atoms with van der Waals surface area (Å²) < 4.78 is 0. The molecule has 0 heterocycles. The number of halogens is 1. The van der Waals surface area contributed by atoms with Gasteiger partial charge in [-0.25, -0.2) is 4.79 Å². The highest BCUT2D eigenvalue weighted by atomic mass is 79.9. The summed E-state index contributed by atoms with van der Waals surface area (Å²) in [4.78, 5) is 19.8. The van der Waals surface area contributed by atoms with Gasteiger partial charge in [-0.05, 0) is 31.5 Å². The normalized spacial score (nSPS) is 8.73. The Morgan fingerprint density at radius 3 is 1.87 bits per heavy atom. The van der Waals surface area contributed by atoms with Crippen molar-refractivity contribution in [3.63, 3.8) is 0 Å². The Labute approximate surface area is 97.2 Å². The van der Waals surface area contributed by atoms with E-state index in [9.17, 15) is 9.59 Å². The lowest BCUT2D eigenvalue weighted by atomic mass is 10.2. The van der Waals surface area contributed by atoms with Gasteiger partial charge in [-0.1, -0.05) is 28.1 Å². The number of Topliss-reactive ketones (excluding diaryl/α,β-unsaturated/α-hetero) is 1. The topological polar surface area (TPSA) is 54.4 Å². The molecule has 82 valence electrons. The van der Waals surface area contributed by atoms with Crippen LogP contribution in [-0.4, -0.2) is 16.9 Å². The Balaban J connectivity index is 0.000000423. The first-order valence-corrected chi connectivity index (χ1v) is 5.45. The molecule has 1 aromatic rings. The van der Waals surface area contributed by atoms with Gasteiger partial charge in [-0.2, -0.15) is 0 Å². The maximum Gasteiger partial charge on any atom is 0.335 e. The fourth-order valence-electron chi connectivity index (χ4n) is 0.736. The summed E-state index contributed by atoms with van der Waals surface area (Å²) in [6, 6.07) is 6.77. The maximum absolute atomic E-state index is 10.4. The second-order valence-electron chi connectivity index (χ2n) is 3.04. The fraction of sp³-hybridized carbons (Fsp3) is 0.273. The molecule has 0 amide bonds. The van der Waals surface area contributed by atoms with Crippen molar-refractivity contribution in [2.75, 3.05) is 0 Å². The smallest absolute Gasteiger partial charge is 0.335 e. The molecule has 0 aliphatic carbocycles. The van der Waals surface area contributed by atoms with E-state index in [-0.39, 0.29) is 5.78 Å². The highest BCUT2D eigenvalue weighted by molar-refractivity contribution is 9.08. The lowest BCUT2D eigenvalue weighted by Crippen LogP contribution is -1.95. The van der Waals surface area contributed by atoms with E-state index in [0.717, 1.165) is 10.9 Å². The second kappa shape index (κ2) is 7.17. The summed E-state index contributed by atoms with van der Waals surface area (Å²) in [5.41, 5.74) is 1.41. The van der Waals surface area contributed by atoms with Gasteiger partial charge in [-0.3, -0.25) is 0 Å². The van der Waals surface area contributed by atoms with E-state index in [0.29, 0.717) is 5.56 Å². The Morgan fingerprint density at radius 1 is 1.20 bits per heavy atom. The third-order valence-corrected chi connectivity index (χ3v) is 2.00. The van der Waals surface area contributed by atoms with Crippen LogP contribution in [0.15, 0.2) is 24.3 Å². The monoisotopic (exact) mass is 272 g/mol. The van der Waals surface area contributed by atoms with E-state index < -0.39 is 5.97 Å². The van der Waals surface area contributed by atoms with Crippen LogP contribution in [0.3, 0.4) is 0 Å². The molecule has 3 nitrogen and oxygen atoms in total. The number of carbonyl (C=O) groups excluding carboxylic acids is 1. The van der Waals surface area contributed by atoms with Gasteiger partial charge < -0.3 is 9.90 Å². The Bertz CT molecular complexity index is 326. The van der Waals surface area contributed by atoms with Gasteiger partial charge in [0.25, 0.3) is 0 Å². The molecule has 0 unspecified atom stereocenters. The molecular weight excluding hydrogens is 260 g/mol. The van der Waals surface area contributed by atoms with Crippen molar-refractivity contribution in [2.45, 2.75) is 19.2 Å². The van der Waals surface area contributed by atoms with Gasteiger partial charge in [0.05, 0.1) is 5.56 Å². The third-order valence-electron chi connectivity index (χ3n) is 1.36. The summed E-state index contributed by atoms with van der Waals surface area (Å²) in [7, 11) is 0. The van der Waals surface area contributed by atoms with Crippen LogP contribution in [0.25, 0.3) is 0 Å².